The average molecular weight is 401 g/mol. The van der Waals surface area contributed by atoms with Gasteiger partial charge in [-0.3, -0.25) is 4.89 Å². The van der Waals surface area contributed by atoms with Crippen LogP contribution in [-0.2, 0) is 14.6 Å². The molecule has 29 heavy (non-hydrogen) atoms. The number of carbonyl (C=O) groups is 1. The Morgan fingerprint density at radius 3 is 2.21 bits per heavy atom. The van der Waals surface area contributed by atoms with Gasteiger partial charge in [-0.2, -0.15) is 4.89 Å². The molecule has 3 nitrogen and oxygen atoms in total. The number of hydrogen-bond acceptors (Lipinski definition) is 3. The van der Waals surface area contributed by atoms with E-state index in [0.717, 1.165) is 6.42 Å². The summed E-state index contributed by atoms with van der Waals surface area (Å²) in [4.78, 5) is 21.8. The van der Waals surface area contributed by atoms with Gasteiger partial charge in [-0.25, -0.2) is 4.79 Å². The third-order valence-electron chi connectivity index (χ3n) is 5.50. The van der Waals surface area contributed by atoms with Crippen LogP contribution in [0.25, 0.3) is 0 Å². The molecular formula is C26H40O3. The van der Waals surface area contributed by atoms with Gasteiger partial charge >= 0.3 is 5.97 Å². The number of rotatable bonds is 6. The highest BCUT2D eigenvalue weighted by Crippen LogP contribution is 2.37. The van der Waals surface area contributed by atoms with Crippen LogP contribution in [0, 0.1) is 22.7 Å². The second kappa shape index (κ2) is 10.2. The molecular weight excluding hydrogens is 360 g/mol. The van der Waals surface area contributed by atoms with Gasteiger partial charge in [0.25, 0.3) is 0 Å². The summed E-state index contributed by atoms with van der Waals surface area (Å²) in [7, 11) is 1.36. The Hall–Kier alpha value is -1.87. The molecule has 162 valence electrons. The molecule has 0 N–H and O–H groups in total. The zero-order chi connectivity index (χ0) is 22.4. The summed E-state index contributed by atoms with van der Waals surface area (Å²) >= 11 is 0. The first-order valence-electron chi connectivity index (χ1n) is 10.5. The minimum Gasteiger partial charge on any atom is -0.298 e. The highest BCUT2D eigenvalue weighted by Gasteiger charge is 2.28. The SMILES string of the molecule is C\C=C/C(=C\C(=C1/C=C(C(C)(C)C)C=CC1)C(C)C(C)C(=O)OOC)C(C)(C)C. The van der Waals surface area contributed by atoms with Crippen molar-refractivity contribution in [3.8, 4) is 0 Å². The molecule has 1 rings (SSSR count). The van der Waals surface area contributed by atoms with Crippen LogP contribution in [0.1, 0.15) is 68.7 Å². The third kappa shape index (κ3) is 7.15. The van der Waals surface area contributed by atoms with Crippen LogP contribution in [0.4, 0.5) is 0 Å². The van der Waals surface area contributed by atoms with Crippen molar-refractivity contribution in [3.05, 3.63) is 58.7 Å². The smallest absolute Gasteiger partial charge is 0.298 e. The Morgan fingerprint density at radius 2 is 1.72 bits per heavy atom. The lowest BCUT2D eigenvalue weighted by molar-refractivity contribution is -0.259. The molecule has 0 fully saturated rings. The molecule has 0 saturated heterocycles. The van der Waals surface area contributed by atoms with Crippen molar-refractivity contribution in [3.63, 3.8) is 0 Å². The van der Waals surface area contributed by atoms with E-state index in [0.29, 0.717) is 0 Å². The van der Waals surface area contributed by atoms with Crippen LogP contribution >= 0.6 is 0 Å². The maximum atomic E-state index is 12.4. The van der Waals surface area contributed by atoms with Crippen LogP contribution in [0.5, 0.6) is 0 Å². The van der Waals surface area contributed by atoms with Crippen molar-refractivity contribution in [1.29, 1.82) is 0 Å². The van der Waals surface area contributed by atoms with Crippen molar-refractivity contribution < 1.29 is 14.6 Å². The molecule has 1 aliphatic carbocycles. The first-order chi connectivity index (χ1) is 13.3. The maximum absolute atomic E-state index is 12.4. The summed E-state index contributed by atoms with van der Waals surface area (Å²) in [5.41, 5.74) is 5.04. The molecule has 2 unspecified atom stereocenters. The minimum atomic E-state index is -0.346. The van der Waals surface area contributed by atoms with E-state index in [9.17, 15) is 4.79 Å². The average Bonchev–Trinajstić information content (AvgIpc) is 2.62. The van der Waals surface area contributed by atoms with Gasteiger partial charge in [0.05, 0.1) is 13.0 Å². The Morgan fingerprint density at radius 1 is 1.10 bits per heavy atom. The van der Waals surface area contributed by atoms with E-state index >= 15 is 0 Å². The summed E-state index contributed by atoms with van der Waals surface area (Å²) in [5, 5.41) is 0. The summed E-state index contributed by atoms with van der Waals surface area (Å²) in [6.45, 7) is 19.4. The number of allylic oxidation sites excluding steroid dienone is 10. The second-order valence-corrected chi connectivity index (χ2v) is 9.93. The standard InChI is InChI=1S/C26H40O3/c1-11-13-21(25(4,5)6)17-23(18(2)19(3)24(27)29-28-10)20-14-12-15-22(16-20)26(7,8)9/h11-13,15-19H,14H2,1-10H3/b13-11-,21-17+,23-20+. The van der Waals surface area contributed by atoms with Crippen molar-refractivity contribution in [2.45, 2.75) is 68.7 Å². The van der Waals surface area contributed by atoms with E-state index in [1.165, 1.54) is 29.4 Å². The van der Waals surface area contributed by atoms with E-state index in [2.05, 4.69) is 89.8 Å². The predicted molar refractivity (Wildman–Crippen MR) is 122 cm³/mol. The zero-order valence-electron chi connectivity index (χ0n) is 20.1. The van der Waals surface area contributed by atoms with Crippen LogP contribution in [-0.4, -0.2) is 13.1 Å². The predicted octanol–water partition coefficient (Wildman–Crippen LogP) is 7.14. The van der Waals surface area contributed by atoms with Gasteiger partial charge in [0, 0.05) is 0 Å². The molecule has 0 bridgehead atoms. The summed E-state index contributed by atoms with van der Waals surface area (Å²) in [6, 6.07) is 0. The topological polar surface area (TPSA) is 35.5 Å². The first-order valence-corrected chi connectivity index (χ1v) is 10.5. The zero-order valence-corrected chi connectivity index (χ0v) is 20.1. The lowest BCUT2D eigenvalue weighted by Crippen LogP contribution is -2.23. The van der Waals surface area contributed by atoms with Crippen molar-refractivity contribution in [1.82, 2.24) is 0 Å². The Kier molecular flexibility index (Phi) is 8.89. The Balaban J connectivity index is 3.64. The third-order valence-corrected chi connectivity index (χ3v) is 5.50. The lowest BCUT2D eigenvalue weighted by Gasteiger charge is -2.28. The fourth-order valence-corrected chi connectivity index (χ4v) is 3.29. The quantitative estimate of drug-likeness (QED) is 0.270. The van der Waals surface area contributed by atoms with E-state index in [1.54, 1.807) is 0 Å². The molecule has 0 aromatic rings. The Labute approximate surface area is 178 Å². The number of hydrogen-bond donors (Lipinski definition) is 0. The highest BCUT2D eigenvalue weighted by atomic mass is 17.2. The summed E-state index contributed by atoms with van der Waals surface area (Å²) < 4.78 is 0. The molecule has 0 aromatic carbocycles. The van der Waals surface area contributed by atoms with E-state index in [4.69, 9.17) is 4.89 Å². The molecule has 3 heteroatoms. The van der Waals surface area contributed by atoms with Crippen LogP contribution in [0.15, 0.2) is 58.7 Å². The van der Waals surface area contributed by atoms with Gasteiger partial charge in [0.2, 0.25) is 0 Å². The van der Waals surface area contributed by atoms with Crippen LogP contribution in [0.3, 0.4) is 0 Å². The van der Waals surface area contributed by atoms with Gasteiger partial charge in [-0.1, -0.05) is 91.8 Å². The van der Waals surface area contributed by atoms with E-state index in [-0.39, 0.29) is 28.6 Å². The largest absolute Gasteiger partial charge is 0.345 e. The van der Waals surface area contributed by atoms with Gasteiger partial charge in [0.1, 0.15) is 0 Å². The Bertz CT molecular complexity index is 731. The molecule has 2 atom stereocenters. The highest BCUT2D eigenvalue weighted by molar-refractivity contribution is 5.72. The lowest BCUT2D eigenvalue weighted by atomic mass is 9.77. The second-order valence-electron chi connectivity index (χ2n) is 9.93. The fourth-order valence-electron chi connectivity index (χ4n) is 3.29. The van der Waals surface area contributed by atoms with E-state index < -0.39 is 0 Å². The van der Waals surface area contributed by atoms with Crippen LogP contribution in [0.2, 0.25) is 0 Å². The van der Waals surface area contributed by atoms with Gasteiger partial charge < -0.3 is 0 Å². The van der Waals surface area contributed by atoms with Crippen molar-refractivity contribution in [2.24, 2.45) is 22.7 Å². The van der Waals surface area contributed by atoms with Crippen molar-refractivity contribution in [2.75, 3.05) is 7.11 Å². The van der Waals surface area contributed by atoms with Gasteiger partial charge in [0.15, 0.2) is 0 Å². The molecule has 0 aliphatic heterocycles. The minimum absolute atomic E-state index is 0.00457. The molecule has 0 aromatic heterocycles. The van der Waals surface area contributed by atoms with E-state index in [1.807, 2.05) is 13.8 Å². The molecule has 0 heterocycles. The first kappa shape index (κ1) is 25.2. The summed E-state index contributed by atoms with van der Waals surface area (Å²) in [5.74, 6) is -0.682. The van der Waals surface area contributed by atoms with Gasteiger partial charge in [-0.05, 0) is 52.4 Å². The van der Waals surface area contributed by atoms with Gasteiger partial charge in [-0.15, -0.1) is 0 Å². The molecule has 0 saturated carbocycles. The monoisotopic (exact) mass is 400 g/mol. The molecule has 0 amide bonds. The van der Waals surface area contributed by atoms with Crippen molar-refractivity contribution >= 4 is 5.97 Å². The normalized spacial score (nSPS) is 19.8. The number of carbonyl (C=O) groups excluding carboxylic acids is 1. The maximum Gasteiger partial charge on any atom is 0.345 e. The van der Waals surface area contributed by atoms with Crippen LogP contribution < -0.4 is 0 Å². The molecule has 0 radical (unpaired) electrons. The summed E-state index contributed by atoms with van der Waals surface area (Å²) in [6.07, 6.45) is 14.1. The molecule has 0 spiro atoms. The fraction of sp³-hybridized carbons (Fsp3) is 0.577. The molecule has 1 aliphatic rings.